The summed E-state index contributed by atoms with van der Waals surface area (Å²) in [5, 5.41) is 0. The summed E-state index contributed by atoms with van der Waals surface area (Å²) < 4.78 is 29.3. The molecule has 4 heteroatoms. The van der Waals surface area contributed by atoms with Gasteiger partial charge in [0.15, 0.2) is 0 Å². The average Bonchev–Trinajstić information content (AvgIpc) is 2.54. The first kappa shape index (κ1) is 22.4. The molecule has 144 valence electrons. The molecule has 0 amide bonds. The zero-order valence-electron chi connectivity index (χ0n) is 16.7. The number of hydrogen-bond donors (Lipinski definition) is 0. The highest BCUT2D eigenvalue weighted by Gasteiger charge is 2.13. The van der Waals surface area contributed by atoms with Gasteiger partial charge in [0.05, 0.1) is 11.5 Å². The third-order valence-electron chi connectivity index (χ3n) is 4.09. The van der Waals surface area contributed by atoms with Gasteiger partial charge in [-0.2, -0.15) is 8.42 Å². The van der Waals surface area contributed by atoms with Gasteiger partial charge in [-0.25, -0.2) is 0 Å². The molecule has 0 aliphatic heterocycles. The molecular weight excluding hydrogens is 344 g/mol. The van der Waals surface area contributed by atoms with Crippen molar-refractivity contribution in [1.82, 2.24) is 0 Å². The van der Waals surface area contributed by atoms with Gasteiger partial charge < -0.3 is 0 Å². The van der Waals surface area contributed by atoms with E-state index in [1.54, 1.807) is 24.3 Å². The van der Waals surface area contributed by atoms with Gasteiger partial charge in [-0.3, -0.25) is 4.18 Å². The van der Waals surface area contributed by atoms with Gasteiger partial charge >= 0.3 is 0 Å². The Morgan fingerprint density at radius 1 is 0.885 bits per heavy atom. The van der Waals surface area contributed by atoms with Crippen molar-refractivity contribution in [1.29, 1.82) is 0 Å². The topological polar surface area (TPSA) is 43.4 Å². The van der Waals surface area contributed by atoms with Crippen LogP contribution < -0.4 is 0 Å². The maximum atomic E-state index is 12.1. The van der Waals surface area contributed by atoms with Crippen LogP contribution >= 0.6 is 0 Å². The van der Waals surface area contributed by atoms with Crippen LogP contribution in [0, 0.1) is 6.92 Å². The lowest BCUT2D eigenvalue weighted by Gasteiger charge is -2.05. The van der Waals surface area contributed by atoms with Crippen molar-refractivity contribution in [2.24, 2.45) is 0 Å². The quantitative estimate of drug-likeness (QED) is 0.365. The highest BCUT2D eigenvalue weighted by atomic mass is 32.2. The van der Waals surface area contributed by atoms with Crippen molar-refractivity contribution >= 4 is 10.1 Å². The molecule has 26 heavy (non-hydrogen) atoms. The van der Waals surface area contributed by atoms with Gasteiger partial charge in [0.1, 0.15) is 0 Å². The zero-order chi connectivity index (χ0) is 19.6. The lowest BCUT2D eigenvalue weighted by atomic mass is 10.1. The number of allylic oxidation sites excluding steroid dienone is 5. The van der Waals surface area contributed by atoms with E-state index >= 15 is 0 Å². The maximum absolute atomic E-state index is 12.1. The van der Waals surface area contributed by atoms with Crippen LogP contribution in [0.3, 0.4) is 0 Å². The SMILES string of the molecule is CC(C)=CCC/C(C)=C/CC/C(C)=C/COS(=O)(=O)c1ccc(C)cc1. The minimum atomic E-state index is -3.69. The average molecular weight is 377 g/mol. The van der Waals surface area contributed by atoms with E-state index in [1.165, 1.54) is 11.1 Å². The molecule has 0 unspecified atom stereocenters. The predicted octanol–water partition coefficient (Wildman–Crippen LogP) is 6.12. The van der Waals surface area contributed by atoms with Crippen LogP contribution in [0.15, 0.2) is 64.1 Å². The monoisotopic (exact) mass is 376 g/mol. The minimum Gasteiger partial charge on any atom is -0.262 e. The third kappa shape index (κ3) is 9.16. The van der Waals surface area contributed by atoms with Crippen LogP contribution in [-0.2, 0) is 14.3 Å². The fourth-order valence-electron chi connectivity index (χ4n) is 2.38. The first-order valence-electron chi connectivity index (χ1n) is 9.11. The molecule has 0 radical (unpaired) electrons. The van der Waals surface area contributed by atoms with Crippen LogP contribution in [0.1, 0.15) is 58.9 Å². The molecule has 1 aromatic carbocycles. The fraction of sp³-hybridized carbons (Fsp3) is 0.455. The number of aryl methyl sites for hydroxylation is 1. The van der Waals surface area contributed by atoms with Crippen molar-refractivity contribution in [2.75, 3.05) is 6.61 Å². The second kappa shape index (κ2) is 11.1. The van der Waals surface area contributed by atoms with Crippen LogP contribution in [0.25, 0.3) is 0 Å². The van der Waals surface area contributed by atoms with E-state index in [-0.39, 0.29) is 11.5 Å². The molecule has 1 aromatic rings. The van der Waals surface area contributed by atoms with E-state index < -0.39 is 10.1 Å². The van der Waals surface area contributed by atoms with Gasteiger partial charge in [0.25, 0.3) is 10.1 Å². The Bertz CT molecular complexity index is 747. The first-order valence-corrected chi connectivity index (χ1v) is 10.5. The molecule has 0 atom stereocenters. The summed E-state index contributed by atoms with van der Waals surface area (Å²) in [5.74, 6) is 0. The van der Waals surface area contributed by atoms with Crippen LogP contribution in [0.4, 0.5) is 0 Å². The smallest absolute Gasteiger partial charge is 0.262 e. The molecule has 0 saturated carbocycles. The summed E-state index contributed by atoms with van der Waals surface area (Å²) in [4.78, 5) is 0.198. The van der Waals surface area contributed by atoms with E-state index in [4.69, 9.17) is 4.18 Å². The molecule has 1 rings (SSSR count). The van der Waals surface area contributed by atoms with Gasteiger partial charge in [0, 0.05) is 0 Å². The molecule has 0 saturated heterocycles. The second-order valence-corrected chi connectivity index (χ2v) is 8.63. The van der Waals surface area contributed by atoms with Crippen molar-refractivity contribution < 1.29 is 12.6 Å². The standard InChI is InChI=1S/C22H32O3S/c1-18(2)8-6-9-19(3)10-7-11-20(4)16-17-25-26(23,24)22-14-12-21(5)13-15-22/h8,10,12-16H,6-7,9,11,17H2,1-5H3/b19-10+,20-16+. The molecule has 0 fully saturated rings. The molecule has 0 spiro atoms. The van der Waals surface area contributed by atoms with Crippen molar-refractivity contribution in [2.45, 2.75) is 65.2 Å². The number of benzene rings is 1. The van der Waals surface area contributed by atoms with Crippen molar-refractivity contribution in [3.05, 3.63) is 64.8 Å². The van der Waals surface area contributed by atoms with Crippen molar-refractivity contribution in [3.8, 4) is 0 Å². The maximum Gasteiger partial charge on any atom is 0.297 e. The zero-order valence-corrected chi connectivity index (χ0v) is 17.5. The van der Waals surface area contributed by atoms with E-state index in [9.17, 15) is 8.42 Å². The summed E-state index contributed by atoms with van der Waals surface area (Å²) in [6.07, 6.45) is 10.4. The van der Waals surface area contributed by atoms with Crippen LogP contribution in [0.2, 0.25) is 0 Å². The van der Waals surface area contributed by atoms with Crippen molar-refractivity contribution in [3.63, 3.8) is 0 Å². The Balaban J connectivity index is 2.41. The molecule has 0 aromatic heterocycles. The number of hydrogen-bond acceptors (Lipinski definition) is 3. The predicted molar refractivity (Wildman–Crippen MR) is 110 cm³/mol. The van der Waals surface area contributed by atoms with Gasteiger partial charge in [0.2, 0.25) is 0 Å². The minimum absolute atomic E-state index is 0.0747. The van der Waals surface area contributed by atoms with Gasteiger partial charge in [-0.15, -0.1) is 0 Å². The molecule has 3 nitrogen and oxygen atoms in total. The van der Waals surface area contributed by atoms with Crippen LogP contribution in [0.5, 0.6) is 0 Å². The summed E-state index contributed by atoms with van der Waals surface area (Å²) in [5.41, 5.74) is 4.91. The normalized spacial score (nSPS) is 13.0. The molecule has 0 aliphatic carbocycles. The molecule has 0 heterocycles. The summed E-state index contributed by atoms with van der Waals surface area (Å²) in [7, 11) is -3.69. The molecule has 0 bridgehead atoms. The number of rotatable bonds is 10. The lowest BCUT2D eigenvalue weighted by molar-refractivity contribution is 0.356. The molecule has 0 aliphatic rings. The highest BCUT2D eigenvalue weighted by Crippen LogP contribution is 2.14. The Morgan fingerprint density at radius 2 is 1.42 bits per heavy atom. The van der Waals surface area contributed by atoms with E-state index in [2.05, 4.69) is 32.9 Å². The largest absolute Gasteiger partial charge is 0.297 e. The van der Waals surface area contributed by atoms with Gasteiger partial charge in [-0.1, -0.05) is 52.6 Å². The van der Waals surface area contributed by atoms with E-state index in [0.717, 1.165) is 36.8 Å². The highest BCUT2D eigenvalue weighted by molar-refractivity contribution is 7.86. The third-order valence-corrected chi connectivity index (χ3v) is 5.38. The Labute approximate surface area is 159 Å². The molecular formula is C22H32O3S. The Morgan fingerprint density at radius 3 is 2.00 bits per heavy atom. The summed E-state index contributed by atoms with van der Waals surface area (Å²) in [6, 6.07) is 6.68. The lowest BCUT2D eigenvalue weighted by Crippen LogP contribution is -2.06. The van der Waals surface area contributed by atoms with E-state index in [1.807, 2.05) is 19.9 Å². The fourth-order valence-corrected chi connectivity index (χ4v) is 3.23. The summed E-state index contributed by atoms with van der Waals surface area (Å²) in [6.45, 7) is 10.4. The van der Waals surface area contributed by atoms with Gasteiger partial charge in [-0.05, 0) is 72.4 Å². The van der Waals surface area contributed by atoms with E-state index in [0.29, 0.717) is 0 Å². The molecule has 0 N–H and O–H groups in total. The first-order chi connectivity index (χ1) is 12.2. The van der Waals surface area contributed by atoms with Crippen LogP contribution in [-0.4, -0.2) is 15.0 Å². The summed E-state index contributed by atoms with van der Waals surface area (Å²) >= 11 is 0. The second-order valence-electron chi connectivity index (χ2n) is 7.01. The Kier molecular flexibility index (Phi) is 9.60. The Hall–Kier alpha value is -1.65.